The zero-order valence-electron chi connectivity index (χ0n) is 24.2. The van der Waals surface area contributed by atoms with Gasteiger partial charge in [-0.15, -0.1) is 0 Å². The number of H-pyrrole nitrogens is 1. The molecule has 0 saturated heterocycles. The van der Waals surface area contributed by atoms with E-state index in [-0.39, 0.29) is 16.7 Å². The third kappa shape index (κ3) is 13.4. The topological polar surface area (TPSA) is 141 Å². The molecular weight excluding hydrogens is 655 g/mol. The van der Waals surface area contributed by atoms with E-state index in [1.54, 1.807) is 37.8 Å². The summed E-state index contributed by atoms with van der Waals surface area (Å²) >= 11 is 19.7. The van der Waals surface area contributed by atoms with Gasteiger partial charge in [0, 0.05) is 73.7 Å². The molecule has 0 radical (unpaired) electrons. The minimum Gasteiger partial charge on any atom is -0.407 e. The molecule has 0 fully saturated rings. The Kier molecular flexibility index (Phi) is 15.1. The van der Waals surface area contributed by atoms with Crippen LogP contribution in [-0.4, -0.2) is 41.1 Å². The van der Waals surface area contributed by atoms with Gasteiger partial charge in [0.05, 0.1) is 10.0 Å². The largest absolute Gasteiger partial charge is 0.407 e. The Hall–Kier alpha value is -3.03. The first kappa shape index (κ1) is 36.2. The van der Waals surface area contributed by atoms with Gasteiger partial charge in [-0.2, -0.15) is 4.98 Å². The highest BCUT2D eigenvalue weighted by atomic mass is 35.5. The second-order valence-electron chi connectivity index (χ2n) is 8.80. The molecule has 4 heterocycles. The summed E-state index contributed by atoms with van der Waals surface area (Å²) in [6, 6.07) is 3.09. The summed E-state index contributed by atoms with van der Waals surface area (Å²) in [7, 11) is 0. The number of carbonyl (C=O) groups is 2. The predicted octanol–water partition coefficient (Wildman–Crippen LogP) is 6.86. The van der Waals surface area contributed by atoms with Crippen LogP contribution in [0.2, 0.25) is 10.0 Å². The van der Waals surface area contributed by atoms with Crippen molar-refractivity contribution in [2.24, 2.45) is 0 Å². The molecule has 43 heavy (non-hydrogen) atoms. The number of esters is 1. The smallest absolute Gasteiger partial charge is 0.309 e. The van der Waals surface area contributed by atoms with E-state index < -0.39 is 5.97 Å². The maximum Gasteiger partial charge on any atom is 0.309 e. The molecule has 0 unspecified atom stereocenters. The van der Waals surface area contributed by atoms with Crippen molar-refractivity contribution >= 4 is 69.5 Å². The minimum atomic E-state index is -0.405. The van der Waals surface area contributed by atoms with Crippen LogP contribution in [0.1, 0.15) is 47.5 Å². The number of aromatic nitrogens is 6. The van der Waals surface area contributed by atoms with Crippen molar-refractivity contribution in [2.45, 2.75) is 63.4 Å². The fourth-order valence-electron chi connectivity index (χ4n) is 3.16. The monoisotopic (exact) mass is 682 g/mol. The first-order chi connectivity index (χ1) is 20.2. The Labute approximate surface area is 272 Å². The third-order valence-corrected chi connectivity index (χ3v) is 7.47. The Morgan fingerprint density at radius 1 is 0.814 bits per heavy atom. The summed E-state index contributed by atoms with van der Waals surface area (Å²) in [6.07, 6.45) is 6.78. The average molecular weight is 684 g/mol. The molecule has 0 aliphatic carbocycles. The Morgan fingerprint density at radius 2 is 1.33 bits per heavy atom. The average Bonchev–Trinajstić information content (AvgIpc) is 2.87. The van der Waals surface area contributed by atoms with Crippen molar-refractivity contribution in [3.05, 3.63) is 91.0 Å². The number of aromatic amines is 1. The lowest BCUT2D eigenvalue weighted by molar-refractivity contribution is -0.132. The maximum absolute atomic E-state index is 11.3. The number of hydrogen-bond acceptors (Lipinski definition) is 11. The van der Waals surface area contributed by atoms with Crippen LogP contribution in [0.5, 0.6) is 5.88 Å². The Balaban J connectivity index is 0.000000269. The second kappa shape index (κ2) is 17.9. The van der Waals surface area contributed by atoms with Crippen molar-refractivity contribution in [2.75, 3.05) is 0 Å². The van der Waals surface area contributed by atoms with E-state index in [1.165, 1.54) is 43.4 Å². The molecule has 0 aromatic carbocycles. The van der Waals surface area contributed by atoms with E-state index in [1.807, 2.05) is 20.8 Å². The number of hydrogen-bond donors (Lipinski definition) is 1. The number of halogens is 3. The van der Waals surface area contributed by atoms with Crippen molar-refractivity contribution in [1.29, 1.82) is 0 Å². The normalized spacial score (nSPS) is 10.2. The van der Waals surface area contributed by atoms with Gasteiger partial charge in [0.2, 0.25) is 11.1 Å². The number of aryl methyl sites for hydroxylation is 4. The third-order valence-electron chi connectivity index (χ3n) is 5.05. The molecule has 10 nitrogen and oxygen atoms in total. The molecule has 4 rings (SSSR count). The molecular formula is C28H29Cl3N6O4S2. The van der Waals surface area contributed by atoms with Crippen molar-refractivity contribution in [3.8, 4) is 5.88 Å². The SMILES string of the molecule is CC(=O)Cl.CC(=O)Oc1cc(C)nc(SCc2c(C)cncc2Cl)n1.Cc1cc(=O)[nH]c(SCc2c(C)cncc2Cl)n1. The van der Waals surface area contributed by atoms with Gasteiger partial charge in [-0.3, -0.25) is 24.4 Å². The Morgan fingerprint density at radius 3 is 1.81 bits per heavy atom. The Bertz CT molecular complexity index is 1590. The van der Waals surface area contributed by atoms with Gasteiger partial charge in [-0.25, -0.2) is 9.97 Å². The van der Waals surface area contributed by atoms with Crippen LogP contribution in [0, 0.1) is 27.7 Å². The van der Waals surface area contributed by atoms with Crippen molar-refractivity contribution in [1.82, 2.24) is 29.9 Å². The van der Waals surface area contributed by atoms with Crippen LogP contribution < -0.4 is 10.3 Å². The second-order valence-corrected chi connectivity index (χ2v) is 12.1. The summed E-state index contributed by atoms with van der Waals surface area (Å²) < 4.78 is 5.00. The molecule has 0 spiro atoms. The lowest BCUT2D eigenvalue weighted by Crippen LogP contribution is -2.08. The van der Waals surface area contributed by atoms with E-state index in [9.17, 15) is 14.4 Å². The van der Waals surface area contributed by atoms with Crippen LogP contribution >= 0.6 is 58.3 Å². The first-order valence-corrected chi connectivity index (χ1v) is 15.6. The zero-order valence-corrected chi connectivity index (χ0v) is 28.1. The van der Waals surface area contributed by atoms with Gasteiger partial charge in [-0.05, 0) is 61.5 Å². The van der Waals surface area contributed by atoms with Gasteiger partial charge < -0.3 is 9.72 Å². The molecule has 0 aliphatic rings. The summed E-state index contributed by atoms with van der Waals surface area (Å²) in [5.74, 6) is 1.13. The standard InChI is InChI=1S/C14H14ClN3O2S.C12H12ClN3OS.C2H3ClO/c1-8-5-16-6-12(15)11(8)7-21-14-17-9(2)4-13(18-14)20-10(3)19;1-7-4-14-5-10(13)9(7)6-18-12-15-8(2)3-11(17)16-12;1-2(3)4/h4-6H,7H2,1-3H3;3-5H,6H2,1-2H3,(H,15,16,17);1H3. The lowest BCUT2D eigenvalue weighted by Gasteiger charge is -2.08. The maximum atomic E-state index is 11.3. The molecule has 0 atom stereocenters. The highest BCUT2D eigenvalue weighted by Gasteiger charge is 2.10. The molecule has 0 bridgehead atoms. The predicted molar refractivity (Wildman–Crippen MR) is 171 cm³/mol. The molecule has 0 saturated carbocycles. The molecule has 4 aromatic heterocycles. The van der Waals surface area contributed by atoms with Crippen molar-refractivity contribution in [3.63, 3.8) is 0 Å². The summed E-state index contributed by atoms with van der Waals surface area (Å²) in [5, 5.41) is 2.04. The van der Waals surface area contributed by atoms with E-state index in [0.717, 1.165) is 27.9 Å². The highest BCUT2D eigenvalue weighted by molar-refractivity contribution is 7.98. The van der Waals surface area contributed by atoms with E-state index in [0.29, 0.717) is 37.6 Å². The quantitative estimate of drug-likeness (QED) is 0.0945. The van der Waals surface area contributed by atoms with Gasteiger partial charge in [0.1, 0.15) is 0 Å². The van der Waals surface area contributed by atoms with E-state index in [4.69, 9.17) is 27.9 Å². The molecule has 1 N–H and O–H groups in total. The van der Waals surface area contributed by atoms with E-state index >= 15 is 0 Å². The minimum absolute atomic E-state index is 0.137. The molecule has 228 valence electrons. The number of ether oxygens (including phenoxy) is 1. The van der Waals surface area contributed by atoms with Crippen LogP contribution in [0.25, 0.3) is 0 Å². The number of thioether (sulfide) groups is 2. The summed E-state index contributed by atoms with van der Waals surface area (Å²) in [6.45, 7) is 10.2. The van der Waals surface area contributed by atoms with Crippen LogP contribution in [0.4, 0.5) is 0 Å². The molecule has 0 amide bonds. The fraction of sp³-hybridized carbons (Fsp3) is 0.286. The number of pyridine rings is 2. The number of nitrogens with zero attached hydrogens (tertiary/aromatic N) is 5. The van der Waals surface area contributed by atoms with Gasteiger partial charge >= 0.3 is 5.97 Å². The number of nitrogens with one attached hydrogen (secondary N) is 1. The first-order valence-electron chi connectivity index (χ1n) is 12.5. The van der Waals surface area contributed by atoms with Crippen LogP contribution in [0.15, 0.2) is 52.0 Å². The molecule has 4 aromatic rings. The summed E-state index contributed by atoms with van der Waals surface area (Å²) in [5.41, 5.74) is 5.37. The van der Waals surface area contributed by atoms with E-state index in [2.05, 4.69) is 41.5 Å². The van der Waals surface area contributed by atoms with Crippen LogP contribution in [-0.2, 0) is 21.1 Å². The van der Waals surface area contributed by atoms with Gasteiger partial charge in [-0.1, -0.05) is 46.7 Å². The molecule has 15 heteroatoms. The highest BCUT2D eigenvalue weighted by Crippen LogP contribution is 2.28. The number of carbonyl (C=O) groups excluding carboxylic acids is 2. The lowest BCUT2D eigenvalue weighted by atomic mass is 10.2. The summed E-state index contributed by atoms with van der Waals surface area (Å²) in [4.78, 5) is 55.0. The molecule has 0 aliphatic heterocycles. The van der Waals surface area contributed by atoms with Gasteiger partial charge in [0.15, 0.2) is 10.3 Å². The number of rotatable bonds is 7. The zero-order chi connectivity index (χ0) is 32.1. The van der Waals surface area contributed by atoms with Crippen LogP contribution in [0.3, 0.4) is 0 Å². The van der Waals surface area contributed by atoms with Gasteiger partial charge in [0.25, 0.3) is 5.56 Å². The fourth-order valence-corrected chi connectivity index (χ4v) is 5.93. The van der Waals surface area contributed by atoms with Crippen molar-refractivity contribution < 1.29 is 14.3 Å².